The summed E-state index contributed by atoms with van der Waals surface area (Å²) in [6.07, 6.45) is 1.03. The van der Waals surface area contributed by atoms with Crippen LogP contribution < -0.4 is 5.32 Å². The first-order valence-corrected chi connectivity index (χ1v) is 6.44. The Morgan fingerprint density at radius 3 is 3.00 bits per heavy atom. The second kappa shape index (κ2) is 6.40. The highest BCUT2D eigenvalue weighted by molar-refractivity contribution is 5.74. The molecule has 2 rings (SSSR count). The van der Waals surface area contributed by atoms with Crippen molar-refractivity contribution in [3.05, 3.63) is 35.9 Å². The van der Waals surface area contributed by atoms with Crippen molar-refractivity contribution >= 4 is 6.03 Å². The third kappa shape index (κ3) is 3.74. The Kier molecular flexibility index (Phi) is 4.59. The molecule has 18 heavy (non-hydrogen) atoms. The number of carbonyl (C=O) groups excluding carboxylic acids is 1. The topological polar surface area (TPSA) is 41.6 Å². The predicted octanol–water partition coefficient (Wildman–Crippen LogP) is 2.01. The van der Waals surface area contributed by atoms with E-state index in [0.29, 0.717) is 13.1 Å². The fourth-order valence-electron chi connectivity index (χ4n) is 2.06. The lowest BCUT2D eigenvalue weighted by Crippen LogP contribution is -2.42. The average molecular weight is 248 g/mol. The van der Waals surface area contributed by atoms with Gasteiger partial charge < -0.3 is 15.0 Å². The standard InChI is InChI=1S/C14H20N2O2/c1-12-11-16(8-5-9-18-12)14(17)15-10-13-6-3-2-4-7-13/h2-4,6-7,12H,5,8-11H2,1H3,(H,15,17). The van der Waals surface area contributed by atoms with Gasteiger partial charge in [-0.05, 0) is 18.9 Å². The first-order chi connectivity index (χ1) is 8.75. The largest absolute Gasteiger partial charge is 0.377 e. The molecule has 1 fully saturated rings. The first-order valence-electron chi connectivity index (χ1n) is 6.44. The number of rotatable bonds is 2. The molecule has 0 radical (unpaired) electrons. The molecule has 1 aliphatic rings. The molecule has 0 bridgehead atoms. The van der Waals surface area contributed by atoms with Crippen LogP contribution in [-0.2, 0) is 11.3 Å². The Hall–Kier alpha value is -1.55. The lowest BCUT2D eigenvalue weighted by Gasteiger charge is -2.22. The molecular weight excluding hydrogens is 228 g/mol. The molecule has 0 aromatic heterocycles. The fourth-order valence-corrected chi connectivity index (χ4v) is 2.06. The Balaban J connectivity index is 1.83. The lowest BCUT2D eigenvalue weighted by atomic mass is 10.2. The quantitative estimate of drug-likeness (QED) is 0.870. The molecule has 1 saturated heterocycles. The highest BCUT2D eigenvalue weighted by Crippen LogP contribution is 2.06. The van der Waals surface area contributed by atoms with Gasteiger partial charge in [-0.2, -0.15) is 0 Å². The Bertz CT molecular complexity index is 381. The highest BCUT2D eigenvalue weighted by atomic mass is 16.5. The summed E-state index contributed by atoms with van der Waals surface area (Å²) in [6, 6.07) is 9.94. The van der Waals surface area contributed by atoms with Gasteiger partial charge in [0.1, 0.15) is 0 Å². The summed E-state index contributed by atoms with van der Waals surface area (Å²) in [5, 5.41) is 2.95. The molecule has 4 nitrogen and oxygen atoms in total. The van der Waals surface area contributed by atoms with Crippen molar-refractivity contribution in [2.24, 2.45) is 0 Å². The number of hydrogen-bond donors (Lipinski definition) is 1. The normalized spacial score (nSPS) is 20.3. The minimum atomic E-state index is -0.00352. The van der Waals surface area contributed by atoms with Crippen LogP contribution in [0.3, 0.4) is 0 Å². The van der Waals surface area contributed by atoms with Gasteiger partial charge in [0, 0.05) is 26.2 Å². The first kappa shape index (κ1) is 12.9. The van der Waals surface area contributed by atoms with Crippen LogP contribution in [0.15, 0.2) is 30.3 Å². The van der Waals surface area contributed by atoms with Crippen LogP contribution in [0.5, 0.6) is 0 Å². The molecule has 0 aliphatic carbocycles. The molecule has 0 saturated carbocycles. The number of hydrogen-bond acceptors (Lipinski definition) is 2. The molecule has 1 atom stereocenters. The van der Waals surface area contributed by atoms with Crippen molar-refractivity contribution in [3.63, 3.8) is 0 Å². The molecule has 4 heteroatoms. The number of amides is 2. The van der Waals surface area contributed by atoms with Gasteiger partial charge in [0.25, 0.3) is 0 Å². The molecule has 1 aliphatic heterocycles. The monoisotopic (exact) mass is 248 g/mol. The van der Waals surface area contributed by atoms with Crippen LogP contribution in [-0.4, -0.2) is 36.7 Å². The van der Waals surface area contributed by atoms with Gasteiger partial charge >= 0.3 is 6.03 Å². The molecule has 1 unspecified atom stereocenters. The smallest absolute Gasteiger partial charge is 0.317 e. The van der Waals surface area contributed by atoms with Crippen molar-refractivity contribution < 1.29 is 9.53 Å². The van der Waals surface area contributed by atoms with Crippen LogP contribution in [0.1, 0.15) is 18.9 Å². The molecule has 2 amide bonds. The highest BCUT2D eigenvalue weighted by Gasteiger charge is 2.19. The van der Waals surface area contributed by atoms with Crippen LogP contribution in [0.25, 0.3) is 0 Å². The van der Waals surface area contributed by atoms with Crippen molar-refractivity contribution in [1.82, 2.24) is 10.2 Å². The maximum Gasteiger partial charge on any atom is 0.317 e. The number of ether oxygens (including phenoxy) is 1. The van der Waals surface area contributed by atoms with Crippen molar-refractivity contribution in [1.29, 1.82) is 0 Å². The summed E-state index contributed by atoms with van der Waals surface area (Å²) >= 11 is 0. The van der Waals surface area contributed by atoms with Crippen molar-refractivity contribution in [3.8, 4) is 0 Å². The van der Waals surface area contributed by atoms with Crippen LogP contribution in [0.2, 0.25) is 0 Å². The SMILES string of the molecule is CC1CN(C(=O)NCc2ccccc2)CCCO1. The van der Waals surface area contributed by atoms with Gasteiger partial charge in [-0.3, -0.25) is 0 Å². The van der Waals surface area contributed by atoms with E-state index in [1.165, 1.54) is 0 Å². The second-order valence-electron chi connectivity index (χ2n) is 4.63. The van der Waals surface area contributed by atoms with E-state index in [4.69, 9.17) is 4.74 Å². The molecule has 1 heterocycles. The summed E-state index contributed by atoms with van der Waals surface area (Å²) in [5.41, 5.74) is 1.12. The van der Waals surface area contributed by atoms with E-state index in [1.807, 2.05) is 42.2 Å². The van der Waals surface area contributed by atoms with Gasteiger partial charge in [0.15, 0.2) is 0 Å². The number of nitrogens with zero attached hydrogens (tertiary/aromatic N) is 1. The van der Waals surface area contributed by atoms with Gasteiger partial charge in [-0.25, -0.2) is 4.79 Å². The van der Waals surface area contributed by atoms with Crippen LogP contribution >= 0.6 is 0 Å². The lowest BCUT2D eigenvalue weighted by molar-refractivity contribution is 0.0710. The molecule has 1 aromatic rings. The van der Waals surface area contributed by atoms with Crippen LogP contribution in [0.4, 0.5) is 4.79 Å². The molecule has 1 N–H and O–H groups in total. The Labute approximate surface area is 108 Å². The maximum atomic E-state index is 12.0. The summed E-state index contributed by atoms with van der Waals surface area (Å²) in [7, 11) is 0. The number of urea groups is 1. The molecule has 1 aromatic carbocycles. The number of carbonyl (C=O) groups is 1. The van der Waals surface area contributed by atoms with E-state index in [9.17, 15) is 4.79 Å². The third-order valence-corrected chi connectivity index (χ3v) is 3.03. The summed E-state index contributed by atoms with van der Waals surface area (Å²) < 4.78 is 5.52. The molecular formula is C14H20N2O2. The summed E-state index contributed by atoms with van der Waals surface area (Å²) in [5.74, 6) is 0. The minimum Gasteiger partial charge on any atom is -0.377 e. The van der Waals surface area contributed by atoms with E-state index in [1.54, 1.807) is 0 Å². The zero-order valence-corrected chi connectivity index (χ0v) is 10.8. The number of benzene rings is 1. The van der Waals surface area contributed by atoms with Gasteiger partial charge in [-0.1, -0.05) is 30.3 Å². The Morgan fingerprint density at radius 2 is 2.22 bits per heavy atom. The second-order valence-corrected chi connectivity index (χ2v) is 4.63. The Morgan fingerprint density at radius 1 is 1.44 bits per heavy atom. The van der Waals surface area contributed by atoms with E-state index >= 15 is 0 Å². The van der Waals surface area contributed by atoms with Gasteiger partial charge in [-0.15, -0.1) is 0 Å². The summed E-state index contributed by atoms with van der Waals surface area (Å²) in [4.78, 5) is 13.9. The van der Waals surface area contributed by atoms with Crippen LogP contribution in [0, 0.1) is 0 Å². The predicted molar refractivity (Wildman–Crippen MR) is 70.3 cm³/mol. The number of nitrogens with one attached hydrogen (secondary N) is 1. The third-order valence-electron chi connectivity index (χ3n) is 3.03. The minimum absolute atomic E-state index is 0.00352. The fraction of sp³-hybridized carbons (Fsp3) is 0.500. The zero-order chi connectivity index (χ0) is 12.8. The summed E-state index contributed by atoms with van der Waals surface area (Å²) in [6.45, 7) is 4.75. The zero-order valence-electron chi connectivity index (χ0n) is 10.8. The van der Waals surface area contributed by atoms with E-state index in [2.05, 4.69) is 5.32 Å². The van der Waals surface area contributed by atoms with E-state index in [-0.39, 0.29) is 12.1 Å². The molecule has 0 spiro atoms. The maximum absolute atomic E-state index is 12.0. The van der Waals surface area contributed by atoms with Crippen molar-refractivity contribution in [2.45, 2.75) is 26.0 Å². The van der Waals surface area contributed by atoms with Gasteiger partial charge in [0.2, 0.25) is 0 Å². The van der Waals surface area contributed by atoms with E-state index < -0.39 is 0 Å². The van der Waals surface area contributed by atoms with Crippen molar-refractivity contribution in [2.75, 3.05) is 19.7 Å². The molecule has 98 valence electrons. The van der Waals surface area contributed by atoms with Gasteiger partial charge in [0.05, 0.1) is 6.10 Å². The average Bonchev–Trinajstić information content (AvgIpc) is 2.62. The van der Waals surface area contributed by atoms with E-state index in [0.717, 1.165) is 25.1 Å².